The third-order valence-electron chi connectivity index (χ3n) is 12.1. The Labute approximate surface area is 315 Å². The van der Waals surface area contributed by atoms with Gasteiger partial charge >= 0.3 is 0 Å². The van der Waals surface area contributed by atoms with Crippen molar-refractivity contribution >= 4 is 21.5 Å². The summed E-state index contributed by atoms with van der Waals surface area (Å²) in [6.45, 7) is 4.77. The van der Waals surface area contributed by atoms with Crippen molar-refractivity contribution in [2.24, 2.45) is 0 Å². The maximum absolute atomic E-state index is 5.36. The van der Waals surface area contributed by atoms with Crippen LogP contribution in [-0.2, 0) is 10.8 Å². The maximum Gasteiger partial charge on any atom is 0.160 e. The number of hydrogen-bond donors (Lipinski definition) is 0. The molecule has 0 saturated heterocycles. The minimum Gasteiger partial charge on any atom is -0.228 e. The molecule has 1 heterocycles. The summed E-state index contributed by atoms with van der Waals surface area (Å²) in [6.07, 6.45) is 0. The Morgan fingerprint density at radius 1 is 0.352 bits per heavy atom. The van der Waals surface area contributed by atoms with Crippen LogP contribution in [0, 0.1) is 0 Å². The molecule has 0 fully saturated rings. The molecule has 0 amide bonds. The fourth-order valence-electron chi connectivity index (χ4n) is 9.64. The second kappa shape index (κ2) is 11.4. The van der Waals surface area contributed by atoms with Crippen LogP contribution in [0.3, 0.4) is 0 Å². The molecular formula is C52H36N2. The van der Waals surface area contributed by atoms with E-state index in [9.17, 15) is 0 Å². The lowest BCUT2D eigenvalue weighted by atomic mass is 9.55. The number of benzene rings is 8. The molecule has 11 rings (SSSR count). The molecule has 9 aromatic rings. The fourth-order valence-corrected chi connectivity index (χ4v) is 9.64. The summed E-state index contributed by atoms with van der Waals surface area (Å²) in [4.78, 5) is 10.6. The molecule has 0 N–H and O–H groups in total. The summed E-state index contributed by atoms with van der Waals surface area (Å²) in [5.41, 5.74) is 15.0. The first-order chi connectivity index (χ1) is 26.5. The summed E-state index contributed by atoms with van der Waals surface area (Å²) < 4.78 is 0. The molecule has 8 aromatic carbocycles. The van der Waals surface area contributed by atoms with E-state index < -0.39 is 5.41 Å². The standard InChI is InChI=1S/C52H36N2/c1-51(2)44-22-12-13-23-45(44)52(42-20-10-8-18-40(42)41-19-9-11-21-43(41)52)46-29-27-36(31-47(46)51)49-32-48(34-15-4-3-5-16-34)53-50(54-49)37-26-28-39-35(30-37)25-24-33-14-6-7-17-38(33)39/h3-32H,1-2H3. The Morgan fingerprint density at radius 2 is 0.907 bits per heavy atom. The van der Waals surface area contributed by atoms with E-state index >= 15 is 0 Å². The van der Waals surface area contributed by atoms with Crippen LogP contribution in [0.1, 0.15) is 47.2 Å². The van der Waals surface area contributed by atoms with Gasteiger partial charge in [-0.05, 0) is 84.3 Å². The molecule has 0 atom stereocenters. The monoisotopic (exact) mass is 688 g/mol. The lowest BCUT2D eigenvalue weighted by molar-refractivity contribution is 0.563. The zero-order valence-corrected chi connectivity index (χ0v) is 30.2. The van der Waals surface area contributed by atoms with Crippen molar-refractivity contribution in [2.45, 2.75) is 24.7 Å². The first kappa shape index (κ1) is 30.9. The molecule has 54 heavy (non-hydrogen) atoms. The summed E-state index contributed by atoms with van der Waals surface area (Å²) in [5.74, 6) is 0.721. The van der Waals surface area contributed by atoms with Gasteiger partial charge in [0.2, 0.25) is 0 Å². The first-order valence-electron chi connectivity index (χ1n) is 18.8. The highest BCUT2D eigenvalue weighted by Crippen LogP contribution is 2.62. The molecule has 254 valence electrons. The summed E-state index contributed by atoms with van der Waals surface area (Å²) >= 11 is 0. The van der Waals surface area contributed by atoms with Crippen molar-refractivity contribution in [3.8, 4) is 45.0 Å². The van der Waals surface area contributed by atoms with E-state index in [0.29, 0.717) is 0 Å². The molecule has 0 radical (unpaired) electrons. The molecule has 1 spiro atoms. The van der Waals surface area contributed by atoms with Crippen LogP contribution in [0.2, 0.25) is 0 Å². The van der Waals surface area contributed by atoms with Gasteiger partial charge < -0.3 is 0 Å². The highest BCUT2D eigenvalue weighted by molar-refractivity contribution is 6.08. The van der Waals surface area contributed by atoms with Crippen LogP contribution in [0.4, 0.5) is 0 Å². The molecule has 0 bridgehead atoms. The van der Waals surface area contributed by atoms with E-state index in [1.165, 1.54) is 66.1 Å². The largest absolute Gasteiger partial charge is 0.228 e. The van der Waals surface area contributed by atoms with Gasteiger partial charge in [-0.25, -0.2) is 9.97 Å². The highest BCUT2D eigenvalue weighted by Gasteiger charge is 2.53. The zero-order chi connectivity index (χ0) is 36.0. The van der Waals surface area contributed by atoms with E-state index in [4.69, 9.17) is 9.97 Å². The molecule has 0 unspecified atom stereocenters. The SMILES string of the molecule is CC1(C)c2ccccc2C2(c3ccccc3-c3ccccc32)c2ccc(-c3cc(-c4ccccc4)nc(-c4ccc5c(ccc6ccccc65)c4)n3)cc21. The number of aromatic nitrogens is 2. The minimum absolute atomic E-state index is 0.251. The Hall–Kier alpha value is -6.64. The molecule has 1 aromatic heterocycles. The minimum atomic E-state index is -0.422. The maximum atomic E-state index is 5.36. The van der Waals surface area contributed by atoms with Gasteiger partial charge in [-0.1, -0.05) is 178 Å². The van der Waals surface area contributed by atoms with Crippen molar-refractivity contribution in [1.29, 1.82) is 0 Å². The number of fused-ring (bicyclic) bond motifs is 12. The van der Waals surface area contributed by atoms with Gasteiger partial charge in [0, 0.05) is 22.1 Å². The lowest BCUT2D eigenvalue weighted by Gasteiger charge is -2.46. The lowest BCUT2D eigenvalue weighted by Crippen LogP contribution is -2.40. The summed E-state index contributed by atoms with van der Waals surface area (Å²) in [7, 11) is 0. The van der Waals surface area contributed by atoms with Crippen LogP contribution < -0.4 is 0 Å². The quantitative estimate of drug-likeness (QED) is 0.173. The normalized spacial score (nSPS) is 14.4. The van der Waals surface area contributed by atoms with Gasteiger partial charge in [0.25, 0.3) is 0 Å². The second-order valence-corrected chi connectivity index (χ2v) is 15.3. The van der Waals surface area contributed by atoms with Gasteiger partial charge in [0.1, 0.15) is 0 Å². The van der Waals surface area contributed by atoms with Crippen molar-refractivity contribution in [3.05, 3.63) is 215 Å². The third-order valence-corrected chi connectivity index (χ3v) is 12.1. The zero-order valence-electron chi connectivity index (χ0n) is 30.2. The molecule has 2 nitrogen and oxygen atoms in total. The van der Waals surface area contributed by atoms with Crippen LogP contribution >= 0.6 is 0 Å². The van der Waals surface area contributed by atoms with Crippen LogP contribution in [0.25, 0.3) is 66.6 Å². The molecule has 0 saturated carbocycles. The van der Waals surface area contributed by atoms with Gasteiger partial charge in [-0.2, -0.15) is 0 Å². The van der Waals surface area contributed by atoms with Crippen molar-refractivity contribution in [2.75, 3.05) is 0 Å². The average molecular weight is 689 g/mol. The Bertz CT molecular complexity index is 2930. The van der Waals surface area contributed by atoms with E-state index in [2.05, 4.69) is 196 Å². The van der Waals surface area contributed by atoms with E-state index in [1.807, 2.05) is 0 Å². The van der Waals surface area contributed by atoms with E-state index in [1.54, 1.807) is 0 Å². The molecule has 2 aliphatic rings. The van der Waals surface area contributed by atoms with Gasteiger partial charge in [-0.3, -0.25) is 0 Å². The van der Waals surface area contributed by atoms with Crippen molar-refractivity contribution in [3.63, 3.8) is 0 Å². The van der Waals surface area contributed by atoms with Crippen LogP contribution in [0.5, 0.6) is 0 Å². The fraction of sp³-hybridized carbons (Fsp3) is 0.0769. The predicted octanol–water partition coefficient (Wildman–Crippen LogP) is 12.8. The topological polar surface area (TPSA) is 25.8 Å². The second-order valence-electron chi connectivity index (χ2n) is 15.3. The van der Waals surface area contributed by atoms with Crippen molar-refractivity contribution in [1.82, 2.24) is 9.97 Å². The smallest absolute Gasteiger partial charge is 0.160 e. The van der Waals surface area contributed by atoms with E-state index in [0.717, 1.165) is 33.9 Å². The van der Waals surface area contributed by atoms with Gasteiger partial charge in [0.15, 0.2) is 5.82 Å². The molecule has 2 aliphatic carbocycles. The summed E-state index contributed by atoms with van der Waals surface area (Å²) in [5, 5.41) is 4.91. The number of rotatable bonds is 3. The van der Waals surface area contributed by atoms with Crippen molar-refractivity contribution < 1.29 is 0 Å². The number of hydrogen-bond acceptors (Lipinski definition) is 2. The Kier molecular flexibility index (Phi) is 6.55. The van der Waals surface area contributed by atoms with Crippen LogP contribution in [-0.4, -0.2) is 9.97 Å². The van der Waals surface area contributed by atoms with Gasteiger partial charge in [0.05, 0.1) is 16.8 Å². The Balaban J connectivity index is 1.14. The highest BCUT2D eigenvalue weighted by atomic mass is 14.9. The molecule has 2 heteroatoms. The van der Waals surface area contributed by atoms with E-state index in [-0.39, 0.29) is 5.41 Å². The van der Waals surface area contributed by atoms with Crippen LogP contribution in [0.15, 0.2) is 182 Å². The van der Waals surface area contributed by atoms with Gasteiger partial charge in [-0.15, -0.1) is 0 Å². The summed E-state index contributed by atoms with van der Waals surface area (Å²) in [6, 6.07) is 66.5. The predicted molar refractivity (Wildman–Crippen MR) is 223 cm³/mol. The third kappa shape index (κ3) is 4.28. The molecular weight excluding hydrogens is 653 g/mol. The first-order valence-corrected chi connectivity index (χ1v) is 18.8. The number of nitrogens with zero attached hydrogens (tertiary/aromatic N) is 2. The molecule has 0 aliphatic heterocycles. The average Bonchev–Trinajstić information content (AvgIpc) is 3.53. The Morgan fingerprint density at radius 3 is 1.67 bits per heavy atom.